The second kappa shape index (κ2) is 9.18. The number of hydrogen-bond donors (Lipinski definition) is 1. The third kappa shape index (κ3) is 4.04. The zero-order valence-corrected chi connectivity index (χ0v) is 19.1. The van der Waals surface area contributed by atoms with Crippen molar-refractivity contribution in [3.05, 3.63) is 63.8 Å². The smallest absolute Gasteiger partial charge is 0.336 e. The van der Waals surface area contributed by atoms with Crippen LogP contribution in [0.3, 0.4) is 0 Å². The lowest BCUT2D eigenvalue weighted by Crippen LogP contribution is -2.31. The van der Waals surface area contributed by atoms with Gasteiger partial charge in [-0.25, -0.2) is 9.78 Å². The average molecular weight is 453 g/mol. The van der Waals surface area contributed by atoms with Gasteiger partial charge in [-0.2, -0.15) is 0 Å². The minimum absolute atomic E-state index is 0.317. The third-order valence-corrected chi connectivity index (χ3v) is 5.90. The molecule has 0 bridgehead atoms. The van der Waals surface area contributed by atoms with E-state index in [0.717, 1.165) is 28.9 Å². The summed E-state index contributed by atoms with van der Waals surface area (Å²) in [6.45, 7) is 6.41. The van der Waals surface area contributed by atoms with E-state index >= 15 is 0 Å². The molecule has 2 heterocycles. The maximum atomic E-state index is 12.3. The van der Waals surface area contributed by atoms with E-state index in [1.807, 2.05) is 49.4 Å². The van der Waals surface area contributed by atoms with Gasteiger partial charge in [0.1, 0.15) is 0 Å². The summed E-state index contributed by atoms with van der Waals surface area (Å²) in [6.07, 6.45) is 2.00. The fourth-order valence-electron chi connectivity index (χ4n) is 4.16. The molecular weight excluding hydrogens is 428 g/mol. The second-order valence-electron chi connectivity index (χ2n) is 7.58. The van der Waals surface area contributed by atoms with E-state index in [4.69, 9.17) is 26.1 Å². The largest absolute Gasteiger partial charge is 0.493 e. The van der Waals surface area contributed by atoms with Crippen molar-refractivity contribution in [3.8, 4) is 11.5 Å². The first kappa shape index (κ1) is 22.1. The van der Waals surface area contributed by atoms with E-state index in [1.54, 1.807) is 7.11 Å². The highest BCUT2D eigenvalue weighted by atomic mass is 35.5. The van der Waals surface area contributed by atoms with Crippen LogP contribution >= 0.6 is 11.6 Å². The number of ether oxygens (including phenoxy) is 2. The molecule has 6 nitrogen and oxygen atoms in total. The van der Waals surface area contributed by atoms with Crippen LogP contribution in [-0.4, -0.2) is 47.8 Å². The topological polar surface area (TPSA) is 71.9 Å². The number of hydrogen-bond acceptors (Lipinski definition) is 5. The van der Waals surface area contributed by atoms with Crippen LogP contribution in [-0.2, 0) is 6.54 Å². The molecule has 0 saturated carbocycles. The Bertz CT molecular complexity index is 1220. The minimum Gasteiger partial charge on any atom is -0.493 e. The summed E-state index contributed by atoms with van der Waals surface area (Å²) >= 11 is 6.47. The van der Waals surface area contributed by atoms with Gasteiger partial charge in [-0.15, -0.1) is 0 Å². The van der Waals surface area contributed by atoms with Crippen molar-refractivity contribution >= 4 is 40.1 Å². The zero-order valence-electron chi connectivity index (χ0n) is 18.3. The van der Waals surface area contributed by atoms with Gasteiger partial charge < -0.3 is 14.6 Å². The summed E-state index contributed by atoms with van der Waals surface area (Å²) in [7, 11) is 1.58. The normalized spacial score (nSPS) is 15.1. The van der Waals surface area contributed by atoms with E-state index in [1.165, 1.54) is 0 Å². The fourth-order valence-corrected chi connectivity index (χ4v) is 4.43. The number of pyridine rings is 1. The molecule has 4 rings (SSSR count). The van der Waals surface area contributed by atoms with Gasteiger partial charge in [-0.05, 0) is 48.9 Å². The molecular formula is C25H25ClN2O4. The highest BCUT2D eigenvalue weighted by molar-refractivity contribution is 6.32. The Hall–Kier alpha value is -3.09. The van der Waals surface area contributed by atoms with Gasteiger partial charge in [0.05, 0.1) is 35.5 Å². The van der Waals surface area contributed by atoms with Crippen LogP contribution in [0.4, 0.5) is 0 Å². The molecule has 0 amide bonds. The van der Waals surface area contributed by atoms with E-state index in [2.05, 4.69) is 11.8 Å². The van der Waals surface area contributed by atoms with Crippen LogP contribution in [0.25, 0.3) is 22.6 Å². The number of carboxylic acid groups (broad SMARTS) is 1. The summed E-state index contributed by atoms with van der Waals surface area (Å²) in [5, 5.41) is 11.2. The molecule has 166 valence electrons. The first-order chi connectivity index (χ1) is 15.5. The van der Waals surface area contributed by atoms with Crippen molar-refractivity contribution < 1.29 is 19.4 Å². The number of methoxy groups -OCH3 is 1. The molecule has 1 aliphatic rings. The molecule has 1 aliphatic heterocycles. The van der Waals surface area contributed by atoms with Crippen molar-refractivity contribution in [1.82, 2.24) is 9.88 Å². The standard InChI is InChI=1S/C25H25ClN2O4/c1-4-28-13-16(10-15-11-19(26)24(32-5-2)21(12-15)31-3)23-18(14-28)22(25(29)30)17-8-6-7-9-20(17)27-23/h6-12H,4-5,13-14H2,1-3H3,(H,29,30). The summed E-state index contributed by atoms with van der Waals surface area (Å²) in [5.41, 5.74) is 4.21. The first-order valence-electron chi connectivity index (χ1n) is 10.5. The summed E-state index contributed by atoms with van der Waals surface area (Å²) in [5.74, 6) is 0.116. The van der Waals surface area contributed by atoms with Crippen molar-refractivity contribution in [3.63, 3.8) is 0 Å². The number of fused-ring (bicyclic) bond motifs is 2. The SMILES string of the molecule is CCOc1c(Cl)cc(C=C2CN(CC)Cc3c2nc2ccccc2c3C(=O)O)cc1OC. The highest BCUT2D eigenvalue weighted by Gasteiger charge is 2.28. The monoisotopic (exact) mass is 452 g/mol. The number of aromatic carboxylic acids is 1. The lowest BCUT2D eigenvalue weighted by atomic mass is 9.92. The Labute approximate surface area is 192 Å². The Kier molecular flexibility index (Phi) is 6.35. The summed E-state index contributed by atoms with van der Waals surface area (Å²) < 4.78 is 11.1. The van der Waals surface area contributed by atoms with E-state index in [9.17, 15) is 9.90 Å². The number of nitrogens with zero attached hydrogens (tertiary/aromatic N) is 2. The molecule has 0 saturated heterocycles. The van der Waals surface area contributed by atoms with Crippen LogP contribution in [0.2, 0.25) is 5.02 Å². The van der Waals surface area contributed by atoms with Gasteiger partial charge in [0.25, 0.3) is 0 Å². The molecule has 0 unspecified atom stereocenters. The Balaban J connectivity index is 1.93. The lowest BCUT2D eigenvalue weighted by molar-refractivity contribution is 0.0696. The number of carboxylic acids is 1. The predicted octanol–water partition coefficient (Wildman–Crippen LogP) is 5.37. The molecule has 3 aromatic rings. The fraction of sp³-hybridized carbons (Fsp3) is 0.280. The molecule has 7 heteroatoms. The van der Waals surface area contributed by atoms with Gasteiger partial charge in [0.2, 0.25) is 0 Å². The molecule has 0 radical (unpaired) electrons. The quantitative estimate of drug-likeness (QED) is 0.542. The Morgan fingerprint density at radius 1 is 1.25 bits per heavy atom. The average Bonchev–Trinajstić information content (AvgIpc) is 2.78. The van der Waals surface area contributed by atoms with Gasteiger partial charge in [0.15, 0.2) is 11.5 Å². The van der Waals surface area contributed by atoms with Crippen LogP contribution in [0, 0.1) is 0 Å². The predicted molar refractivity (Wildman–Crippen MR) is 127 cm³/mol. The number of para-hydroxylation sites is 1. The number of halogens is 1. The molecule has 0 fully saturated rings. The van der Waals surface area contributed by atoms with Crippen molar-refractivity contribution in [2.24, 2.45) is 0 Å². The van der Waals surface area contributed by atoms with Crippen LogP contribution in [0.15, 0.2) is 36.4 Å². The van der Waals surface area contributed by atoms with Crippen molar-refractivity contribution in [1.29, 1.82) is 0 Å². The highest BCUT2D eigenvalue weighted by Crippen LogP contribution is 2.39. The van der Waals surface area contributed by atoms with Crippen molar-refractivity contribution in [2.45, 2.75) is 20.4 Å². The van der Waals surface area contributed by atoms with E-state index in [0.29, 0.717) is 52.7 Å². The van der Waals surface area contributed by atoms with Crippen LogP contribution in [0.1, 0.15) is 41.0 Å². The first-order valence-corrected chi connectivity index (χ1v) is 10.9. The Morgan fingerprint density at radius 2 is 2.03 bits per heavy atom. The molecule has 0 aliphatic carbocycles. The van der Waals surface area contributed by atoms with Crippen molar-refractivity contribution in [2.75, 3.05) is 26.8 Å². The van der Waals surface area contributed by atoms with E-state index in [-0.39, 0.29) is 0 Å². The van der Waals surface area contributed by atoms with Gasteiger partial charge in [-0.1, -0.05) is 36.7 Å². The van der Waals surface area contributed by atoms with E-state index < -0.39 is 5.97 Å². The maximum Gasteiger partial charge on any atom is 0.336 e. The summed E-state index contributed by atoms with van der Waals surface area (Å²) in [6, 6.07) is 11.1. The lowest BCUT2D eigenvalue weighted by Gasteiger charge is -2.30. The third-order valence-electron chi connectivity index (χ3n) is 5.62. The molecule has 2 aromatic carbocycles. The number of likely N-dealkylation sites (N-methyl/N-ethyl adjacent to an activating group) is 1. The zero-order chi connectivity index (χ0) is 22.8. The Morgan fingerprint density at radius 3 is 2.72 bits per heavy atom. The molecule has 0 spiro atoms. The molecule has 1 aromatic heterocycles. The number of carbonyl (C=O) groups is 1. The summed E-state index contributed by atoms with van der Waals surface area (Å²) in [4.78, 5) is 19.3. The number of aromatic nitrogens is 1. The second-order valence-corrected chi connectivity index (χ2v) is 7.98. The maximum absolute atomic E-state index is 12.3. The van der Waals surface area contributed by atoms with Gasteiger partial charge in [0, 0.05) is 24.0 Å². The van der Waals surface area contributed by atoms with Gasteiger partial charge in [-0.3, -0.25) is 4.90 Å². The van der Waals surface area contributed by atoms with Crippen LogP contribution in [0.5, 0.6) is 11.5 Å². The number of benzene rings is 2. The molecule has 0 atom stereocenters. The molecule has 1 N–H and O–H groups in total. The molecule has 32 heavy (non-hydrogen) atoms. The van der Waals surface area contributed by atoms with Crippen LogP contribution < -0.4 is 9.47 Å². The number of rotatable bonds is 6. The van der Waals surface area contributed by atoms with Gasteiger partial charge >= 0.3 is 5.97 Å². The minimum atomic E-state index is -0.942.